The summed E-state index contributed by atoms with van der Waals surface area (Å²) in [5.41, 5.74) is 4.60. The Kier molecular flexibility index (Phi) is 5.03. The monoisotopic (exact) mass is 403 g/mol. The highest BCUT2D eigenvalue weighted by Crippen LogP contribution is 2.43. The molecule has 0 aliphatic carbocycles. The molecular formula is C13H18N5O8P. The number of aliphatic hydroxyl groups excluding tert-OH is 1. The van der Waals surface area contributed by atoms with Crippen LogP contribution in [0.4, 0.5) is 5.82 Å². The third-order valence-corrected chi connectivity index (χ3v) is 4.85. The van der Waals surface area contributed by atoms with E-state index in [0.717, 1.165) is 0 Å². The van der Waals surface area contributed by atoms with E-state index in [1.165, 1.54) is 24.0 Å². The molecule has 0 spiro atoms. The zero-order chi connectivity index (χ0) is 20.0. The van der Waals surface area contributed by atoms with Crippen LogP contribution in [0.25, 0.3) is 11.0 Å². The van der Waals surface area contributed by atoms with E-state index in [0.29, 0.717) is 10.9 Å². The molecule has 14 heteroatoms. The van der Waals surface area contributed by atoms with Crippen molar-refractivity contribution in [2.45, 2.75) is 37.5 Å². The van der Waals surface area contributed by atoms with Gasteiger partial charge in [0.1, 0.15) is 42.1 Å². The third-order valence-electron chi connectivity index (χ3n) is 4.37. The van der Waals surface area contributed by atoms with Crippen molar-refractivity contribution in [3.05, 3.63) is 23.0 Å². The first-order valence-corrected chi connectivity index (χ1v) is 9.24. The second-order valence-electron chi connectivity index (χ2n) is 6.29. The fourth-order valence-electron chi connectivity index (χ4n) is 3.10. The van der Waals surface area contributed by atoms with Crippen molar-refractivity contribution in [2.24, 2.45) is 5.18 Å². The first kappa shape index (κ1) is 19.8. The number of nitrogens with zero attached hydrogens (tertiary/aromatic N) is 4. The number of nitroso groups, excluding NO2 is 1. The third kappa shape index (κ3) is 3.58. The Hall–Kier alpha value is -1.99. The quantitative estimate of drug-likeness (QED) is 0.304. The first-order valence-electron chi connectivity index (χ1n) is 7.71. The summed E-state index contributed by atoms with van der Waals surface area (Å²) < 4.78 is 22.2. The van der Waals surface area contributed by atoms with Gasteiger partial charge < -0.3 is 35.0 Å². The Labute approximate surface area is 152 Å². The fraction of sp³-hybridized carbons (Fsp3) is 0.538. The molecule has 3 heterocycles. The van der Waals surface area contributed by atoms with E-state index in [1.807, 2.05) is 0 Å². The summed E-state index contributed by atoms with van der Waals surface area (Å²) >= 11 is 0. The molecule has 1 aliphatic rings. The maximum atomic E-state index is 10.9. The highest BCUT2D eigenvalue weighted by atomic mass is 31.2. The molecule has 27 heavy (non-hydrogen) atoms. The van der Waals surface area contributed by atoms with Gasteiger partial charge in [0.2, 0.25) is 0 Å². The van der Waals surface area contributed by atoms with Gasteiger partial charge in [0.15, 0.2) is 6.23 Å². The van der Waals surface area contributed by atoms with Crippen molar-refractivity contribution in [2.75, 3.05) is 12.3 Å². The molecule has 4 atom stereocenters. The zero-order valence-corrected chi connectivity index (χ0v) is 14.9. The number of nitrogens with two attached hydrogens (primary N) is 1. The van der Waals surface area contributed by atoms with Crippen LogP contribution in [0.3, 0.4) is 0 Å². The van der Waals surface area contributed by atoms with E-state index in [-0.39, 0.29) is 18.0 Å². The molecule has 3 rings (SSSR count). The summed E-state index contributed by atoms with van der Waals surface area (Å²) in [5.74, 6) is 0.0944. The number of ether oxygens (including phenoxy) is 1. The van der Waals surface area contributed by atoms with Gasteiger partial charge in [0, 0.05) is 11.8 Å². The first-order chi connectivity index (χ1) is 12.6. The van der Waals surface area contributed by atoms with Gasteiger partial charge in [0.05, 0.1) is 12.0 Å². The lowest BCUT2D eigenvalue weighted by molar-refractivity contribution is -0.0947. The lowest BCUT2D eigenvalue weighted by Crippen LogP contribution is -2.44. The topological polar surface area (TPSA) is 203 Å². The Morgan fingerprint density at radius 2 is 2.19 bits per heavy atom. The number of aliphatic hydroxyl groups is 2. The predicted molar refractivity (Wildman–Crippen MR) is 90.0 cm³/mol. The van der Waals surface area contributed by atoms with Gasteiger partial charge in [-0.2, -0.15) is 4.91 Å². The van der Waals surface area contributed by atoms with Crippen LogP contribution in [0.1, 0.15) is 18.7 Å². The average molecular weight is 403 g/mol. The molecule has 6 N–H and O–H groups in total. The van der Waals surface area contributed by atoms with Gasteiger partial charge in [-0.05, 0) is 6.92 Å². The SMILES string of the molecule is C[C@@]1(O)C(O)C(COP(=O)(O)O)OC1n1cc(CN=O)c2c(N)ncnc21. The summed E-state index contributed by atoms with van der Waals surface area (Å²) in [4.78, 5) is 36.3. The van der Waals surface area contributed by atoms with Gasteiger partial charge in [-0.1, -0.05) is 5.18 Å². The van der Waals surface area contributed by atoms with E-state index < -0.39 is 38.5 Å². The van der Waals surface area contributed by atoms with E-state index in [4.69, 9.17) is 20.3 Å². The van der Waals surface area contributed by atoms with Crippen LogP contribution < -0.4 is 5.73 Å². The normalized spacial score (nSPS) is 28.7. The number of hydrogen-bond acceptors (Lipinski definition) is 10. The molecule has 3 unspecified atom stereocenters. The number of nitrogen functional groups attached to an aromatic ring is 1. The molecular weight excluding hydrogens is 385 g/mol. The van der Waals surface area contributed by atoms with Gasteiger partial charge in [-0.15, -0.1) is 0 Å². The molecule has 0 aromatic carbocycles. The minimum absolute atomic E-state index is 0.0944. The van der Waals surface area contributed by atoms with Crippen LogP contribution in [0.2, 0.25) is 0 Å². The smallest absolute Gasteiger partial charge is 0.387 e. The van der Waals surface area contributed by atoms with Crippen LogP contribution in [-0.2, 0) is 20.4 Å². The second-order valence-corrected chi connectivity index (χ2v) is 7.53. The van der Waals surface area contributed by atoms with E-state index in [9.17, 15) is 19.7 Å². The standard InChI is InChI=1S/C13H18N5O8P/c1-13(20)9(19)7(4-25-27(22,23)24)26-12(13)18-3-6(2-17-21)8-10(14)15-5-16-11(8)18/h3,5,7,9,12,19-20H,2,4H2,1H3,(H2,14,15,16)(H2,22,23,24)/t7?,9?,12?,13-/m1/s1. The zero-order valence-electron chi connectivity index (χ0n) is 14.0. The molecule has 0 bridgehead atoms. The highest BCUT2D eigenvalue weighted by molar-refractivity contribution is 7.46. The van der Waals surface area contributed by atoms with E-state index in [1.54, 1.807) is 0 Å². The van der Waals surface area contributed by atoms with Crippen molar-refractivity contribution < 1.29 is 33.8 Å². The van der Waals surface area contributed by atoms with Gasteiger partial charge in [-0.25, -0.2) is 14.5 Å². The number of phosphoric acid groups is 1. The number of phosphoric ester groups is 1. The van der Waals surface area contributed by atoms with Crippen LogP contribution in [-0.4, -0.2) is 59.0 Å². The van der Waals surface area contributed by atoms with Crippen LogP contribution in [0.15, 0.2) is 17.7 Å². The molecule has 0 amide bonds. The number of hydrogen-bond donors (Lipinski definition) is 5. The second kappa shape index (κ2) is 6.87. The summed E-state index contributed by atoms with van der Waals surface area (Å²) in [6, 6.07) is 0. The van der Waals surface area contributed by atoms with Crippen molar-refractivity contribution >= 4 is 24.7 Å². The summed E-state index contributed by atoms with van der Waals surface area (Å²) in [5, 5.41) is 24.2. The van der Waals surface area contributed by atoms with Crippen molar-refractivity contribution in [1.82, 2.24) is 14.5 Å². The van der Waals surface area contributed by atoms with Crippen molar-refractivity contribution in [3.63, 3.8) is 0 Å². The van der Waals surface area contributed by atoms with Gasteiger partial charge in [-0.3, -0.25) is 4.52 Å². The molecule has 1 saturated heterocycles. The molecule has 0 radical (unpaired) electrons. The van der Waals surface area contributed by atoms with Crippen LogP contribution >= 0.6 is 7.82 Å². The van der Waals surface area contributed by atoms with Crippen LogP contribution in [0, 0.1) is 4.91 Å². The minimum atomic E-state index is -4.79. The summed E-state index contributed by atoms with van der Waals surface area (Å²) in [6.07, 6.45) is -1.36. The van der Waals surface area contributed by atoms with Crippen molar-refractivity contribution in [1.29, 1.82) is 0 Å². The van der Waals surface area contributed by atoms with Gasteiger partial charge in [0.25, 0.3) is 0 Å². The minimum Gasteiger partial charge on any atom is -0.387 e. The summed E-state index contributed by atoms with van der Waals surface area (Å²) in [7, 11) is -4.79. The number of fused-ring (bicyclic) bond motifs is 1. The average Bonchev–Trinajstić information content (AvgIpc) is 3.03. The Morgan fingerprint density at radius 3 is 2.81 bits per heavy atom. The fourth-order valence-corrected chi connectivity index (χ4v) is 3.44. The lowest BCUT2D eigenvalue weighted by atomic mass is 9.96. The van der Waals surface area contributed by atoms with E-state index >= 15 is 0 Å². The maximum absolute atomic E-state index is 10.9. The number of rotatable bonds is 6. The molecule has 1 fully saturated rings. The Morgan fingerprint density at radius 1 is 1.48 bits per heavy atom. The molecule has 1 aliphatic heterocycles. The maximum Gasteiger partial charge on any atom is 0.469 e. The Balaban J connectivity index is 2.01. The molecule has 0 saturated carbocycles. The lowest BCUT2D eigenvalue weighted by Gasteiger charge is -2.27. The molecule has 13 nitrogen and oxygen atoms in total. The largest absolute Gasteiger partial charge is 0.469 e. The molecule has 2 aromatic rings. The molecule has 2 aromatic heterocycles. The van der Waals surface area contributed by atoms with Crippen LogP contribution in [0.5, 0.6) is 0 Å². The molecule has 148 valence electrons. The highest BCUT2D eigenvalue weighted by Gasteiger charge is 2.54. The predicted octanol–water partition coefficient (Wildman–Crippen LogP) is -0.602. The van der Waals surface area contributed by atoms with E-state index in [2.05, 4.69) is 19.7 Å². The number of aromatic nitrogens is 3. The van der Waals surface area contributed by atoms with Gasteiger partial charge >= 0.3 is 7.82 Å². The van der Waals surface area contributed by atoms with Crippen molar-refractivity contribution in [3.8, 4) is 0 Å². The number of anilines is 1. The Bertz CT molecular complexity index is 911. The summed E-state index contributed by atoms with van der Waals surface area (Å²) in [6.45, 7) is 0.397.